The molecule has 0 amide bonds. The van der Waals surface area contributed by atoms with Crippen LogP contribution in [0.3, 0.4) is 0 Å². The first-order valence-corrected chi connectivity index (χ1v) is 6.08. The van der Waals surface area contributed by atoms with E-state index in [-0.39, 0.29) is 0 Å². The number of benzene rings is 1. The summed E-state index contributed by atoms with van der Waals surface area (Å²) in [7, 11) is 0. The molecule has 1 N–H and O–H groups in total. The lowest BCUT2D eigenvalue weighted by Crippen LogP contribution is -2.12. The maximum Gasteiger partial charge on any atom is 0.0451 e. The van der Waals surface area contributed by atoms with Crippen LogP contribution >= 0.6 is 11.6 Å². The highest BCUT2D eigenvalue weighted by atomic mass is 35.5. The zero-order valence-corrected chi connectivity index (χ0v) is 10.5. The Morgan fingerprint density at radius 2 is 1.88 bits per heavy atom. The van der Waals surface area contributed by atoms with E-state index in [9.17, 15) is 0 Å². The highest BCUT2D eigenvalue weighted by molar-refractivity contribution is 6.31. The number of rotatable bonds is 4. The van der Waals surface area contributed by atoms with Gasteiger partial charge in [-0.25, -0.2) is 0 Å². The minimum atomic E-state index is 0.800. The molecule has 0 aliphatic rings. The molecular weight excluding hydrogens is 232 g/mol. The highest BCUT2D eigenvalue weighted by Crippen LogP contribution is 2.24. The van der Waals surface area contributed by atoms with Crippen molar-refractivity contribution in [2.24, 2.45) is 0 Å². The fraction of sp³-hybridized carbons (Fsp3) is 0.214. The Kier molecular flexibility index (Phi) is 4.13. The summed E-state index contributed by atoms with van der Waals surface area (Å²) >= 11 is 6.17. The van der Waals surface area contributed by atoms with Gasteiger partial charge in [-0.3, -0.25) is 4.98 Å². The Bertz CT molecular complexity index is 483. The maximum atomic E-state index is 6.17. The summed E-state index contributed by atoms with van der Waals surface area (Å²) in [5.74, 6) is 0. The number of hydrogen-bond donors (Lipinski definition) is 1. The lowest BCUT2D eigenvalue weighted by Gasteiger charge is -2.08. The minimum absolute atomic E-state index is 0.800. The SMILES string of the molecule is CCNCc1cc(-c2ccncc2)ccc1Cl. The molecule has 0 fully saturated rings. The summed E-state index contributed by atoms with van der Waals surface area (Å²) in [4.78, 5) is 4.02. The van der Waals surface area contributed by atoms with E-state index < -0.39 is 0 Å². The van der Waals surface area contributed by atoms with Gasteiger partial charge in [0.15, 0.2) is 0 Å². The Balaban J connectivity index is 2.31. The Hall–Kier alpha value is -1.38. The van der Waals surface area contributed by atoms with Crippen molar-refractivity contribution in [3.05, 3.63) is 53.3 Å². The van der Waals surface area contributed by atoms with E-state index in [0.29, 0.717) is 0 Å². The van der Waals surface area contributed by atoms with Gasteiger partial charge in [-0.2, -0.15) is 0 Å². The Morgan fingerprint density at radius 1 is 1.12 bits per heavy atom. The molecule has 0 saturated carbocycles. The molecule has 0 aliphatic carbocycles. The van der Waals surface area contributed by atoms with E-state index >= 15 is 0 Å². The van der Waals surface area contributed by atoms with Gasteiger partial charge < -0.3 is 5.32 Å². The van der Waals surface area contributed by atoms with Crippen molar-refractivity contribution in [2.45, 2.75) is 13.5 Å². The minimum Gasteiger partial charge on any atom is -0.313 e. The van der Waals surface area contributed by atoms with E-state index in [0.717, 1.165) is 29.2 Å². The van der Waals surface area contributed by atoms with Crippen LogP contribution < -0.4 is 5.32 Å². The largest absolute Gasteiger partial charge is 0.313 e. The predicted molar refractivity (Wildman–Crippen MR) is 72.1 cm³/mol. The first-order valence-electron chi connectivity index (χ1n) is 5.71. The molecule has 2 aromatic rings. The number of nitrogens with zero attached hydrogens (tertiary/aromatic N) is 1. The molecular formula is C14H15ClN2. The summed E-state index contributed by atoms with van der Waals surface area (Å²) in [6.07, 6.45) is 3.60. The van der Waals surface area contributed by atoms with Crippen LogP contribution in [0.25, 0.3) is 11.1 Å². The monoisotopic (exact) mass is 246 g/mol. The molecule has 1 aromatic heterocycles. The predicted octanol–water partition coefficient (Wildman–Crippen LogP) is 3.51. The molecule has 0 saturated heterocycles. The summed E-state index contributed by atoms with van der Waals surface area (Å²) in [6, 6.07) is 10.1. The molecule has 0 spiro atoms. The van der Waals surface area contributed by atoms with Crippen LogP contribution in [-0.2, 0) is 6.54 Å². The van der Waals surface area contributed by atoms with Crippen molar-refractivity contribution < 1.29 is 0 Å². The lowest BCUT2D eigenvalue weighted by atomic mass is 10.0. The van der Waals surface area contributed by atoms with Crippen molar-refractivity contribution in [3.8, 4) is 11.1 Å². The first kappa shape index (κ1) is 12.1. The molecule has 3 heteroatoms. The highest BCUT2D eigenvalue weighted by Gasteiger charge is 2.03. The van der Waals surface area contributed by atoms with Gasteiger partial charge in [-0.15, -0.1) is 0 Å². The Morgan fingerprint density at radius 3 is 2.59 bits per heavy atom. The van der Waals surface area contributed by atoms with E-state index in [1.807, 2.05) is 24.3 Å². The topological polar surface area (TPSA) is 24.9 Å². The first-order chi connectivity index (χ1) is 8.31. The van der Waals surface area contributed by atoms with Crippen molar-refractivity contribution >= 4 is 11.6 Å². The van der Waals surface area contributed by atoms with Crippen molar-refractivity contribution in [3.63, 3.8) is 0 Å². The third kappa shape index (κ3) is 3.05. The Labute approximate surface area is 107 Å². The van der Waals surface area contributed by atoms with Gasteiger partial charge in [-0.1, -0.05) is 24.6 Å². The summed E-state index contributed by atoms with van der Waals surface area (Å²) in [5, 5.41) is 4.10. The molecule has 0 aliphatic heterocycles. The van der Waals surface area contributed by atoms with Gasteiger partial charge in [0.25, 0.3) is 0 Å². The van der Waals surface area contributed by atoms with Gasteiger partial charge in [0, 0.05) is 24.0 Å². The molecule has 0 bridgehead atoms. The molecule has 17 heavy (non-hydrogen) atoms. The van der Waals surface area contributed by atoms with Gasteiger partial charge in [0.2, 0.25) is 0 Å². The molecule has 0 atom stereocenters. The summed E-state index contributed by atoms with van der Waals surface area (Å²) in [6.45, 7) is 3.82. The van der Waals surface area contributed by atoms with E-state index in [1.165, 1.54) is 5.56 Å². The zero-order chi connectivity index (χ0) is 12.1. The molecule has 1 heterocycles. The molecule has 2 nitrogen and oxygen atoms in total. The van der Waals surface area contributed by atoms with E-state index in [1.54, 1.807) is 12.4 Å². The fourth-order valence-corrected chi connectivity index (χ4v) is 1.88. The van der Waals surface area contributed by atoms with Gasteiger partial charge in [0.05, 0.1) is 0 Å². The second-order valence-corrected chi connectivity index (χ2v) is 4.23. The summed E-state index contributed by atoms with van der Waals surface area (Å²) in [5.41, 5.74) is 3.46. The van der Waals surface area contributed by atoms with Gasteiger partial charge in [0.1, 0.15) is 0 Å². The van der Waals surface area contributed by atoms with Crippen LogP contribution in [0.2, 0.25) is 5.02 Å². The molecule has 0 radical (unpaired) electrons. The fourth-order valence-electron chi connectivity index (χ4n) is 1.69. The quantitative estimate of drug-likeness (QED) is 0.893. The zero-order valence-electron chi connectivity index (χ0n) is 9.78. The number of aromatic nitrogens is 1. The van der Waals surface area contributed by atoms with Crippen molar-refractivity contribution in [1.29, 1.82) is 0 Å². The molecule has 1 aromatic carbocycles. The average Bonchev–Trinajstić information content (AvgIpc) is 2.39. The number of pyridine rings is 1. The number of nitrogens with one attached hydrogen (secondary N) is 1. The normalized spacial score (nSPS) is 10.5. The lowest BCUT2D eigenvalue weighted by molar-refractivity contribution is 0.727. The molecule has 88 valence electrons. The maximum absolute atomic E-state index is 6.17. The third-order valence-electron chi connectivity index (χ3n) is 2.62. The van der Waals surface area contributed by atoms with Crippen molar-refractivity contribution in [2.75, 3.05) is 6.54 Å². The summed E-state index contributed by atoms with van der Waals surface area (Å²) < 4.78 is 0. The van der Waals surface area contributed by atoms with Crippen LogP contribution in [0.15, 0.2) is 42.7 Å². The van der Waals surface area contributed by atoms with E-state index in [4.69, 9.17) is 11.6 Å². The van der Waals surface area contributed by atoms with E-state index in [2.05, 4.69) is 23.3 Å². The van der Waals surface area contributed by atoms with Crippen molar-refractivity contribution in [1.82, 2.24) is 10.3 Å². The van der Waals surface area contributed by atoms with Crippen LogP contribution in [0.5, 0.6) is 0 Å². The number of halogens is 1. The van der Waals surface area contributed by atoms with Crippen LogP contribution in [0.1, 0.15) is 12.5 Å². The third-order valence-corrected chi connectivity index (χ3v) is 2.99. The molecule has 0 unspecified atom stereocenters. The average molecular weight is 247 g/mol. The smallest absolute Gasteiger partial charge is 0.0451 e. The second-order valence-electron chi connectivity index (χ2n) is 3.82. The van der Waals surface area contributed by atoms with Crippen LogP contribution in [0.4, 0.5) is 0 Å². The van der Waals surface area contributed by atoms with Crippen LogP contribution in [-0.4, -0.2) is 11.5 Å². The standard InChI is InChI=1S/C14H15ClN2/c1-2-16-10-13-9-12(3-4-14(13)15)11-5-7-17-8-6-11/h3-9,16H,2,10H2,1H3. The van der Waals surface area contributed by atoms with Crippen LogP contribution in [0, 0.1) is 0 Å². The molecule has 2 rings (SSSR count). The van der Waals surface area contributed by atoms with Gasteiger partial charge in [-0.05, 0) is 47.5 Å². The number of hydrogen-bond acceptors (Lipinski definition) is 2. The van der Waals surface area contributed by atoms with Gasteiger partial charge >= 0.3 is 0 Å². The second kappa shape index (κ2) is 5.80.